The van der Waals surface area contributed by atoms with Crippen LogP contribution in [-0.4, -0.2) is 72.7 Å². The zero-order chi connectivity index (χ0) is 19.6. The van der Waals surface area contributed by atoms with E-state index in [0.29, 0.717) is 12.8 Å². The Morgan fingerprint density at radius 3 is 2.76 bits per heavy atom. The van der Waals surface area contributed by atoms with E-state index >= 15 is 0 Å². The highest BCUT2D eigenvalue weighted by Crippen LogP contribution is 2.33. The highest BCUT2D eigenvalue weighted by atomic mass is 32.1. The number of hydrogen-bond acceptors (Lipinski definition) is 6. The number of piperazine rings is 1. The van der Waals surface area contributed by atoms with E-state index in [4.69, 9.17) is 9.47 Å². The van der Waals surface area contributed by atoms with Crippen LogP contribution in [0.25, 0.3) is 0 Å². The van der Waals surface area contributed by atoms with Crippen LogP contribution in [0.2, 0.25) is 0 Å². The second kappa shape index (κ2) is 8.34. The third-order valence-electron chi connectivity index (χ3n) is 6.18. The summed E-state index contributed by atoms with van der Waals surface area (Å²) in [6, 6.07) is 10.6. The van der Waals surface area contributed by atoms with E-state index in [1.54, 1.807) is 11.3 Å². The largest absolute Gasteiger partial charge is 0.454 e. The smallest absolute Gasteiger partial charge is 0.263 e. The molecule has 3 aliphatic heterocycles. The van der Waals surface area contributed by atoms with Gasteiger partial charge in [-0.15, -0.1) is 11.3 Å². The lowest BCUT2D eigenvalue weighted by atomic mass is 10.0. The SMILES string of the molecule is O=C(c1cccs1)N1CCCC(N2CCN(Cc3ccc4c(c3)OCO4)CC2)C1. The van der Waals surface area contributed by atoms with Crippen molar-refractivity contribution < 1.29 is 14.3 Å². The highest BCUT2D eigenvalue weighted by molar-refractivity contribution is 7.12. The molecule has 0 N–H and O–H groups in total. The molecule has 3 aliphatic rings. The summed E-state index contributed by atoms with van der Waals surface area (Å²) >= 11 is 1.54. The first-order valence-electron chi connectivity index (χ1n) is 10.4. The number of nitrogens with zero attached hydrogens (tertiary/aromatic N) is 3. The number of hydrogen-bond donors (Lipinski definition) is 0. The van der Waals surface area contributed by atoms with Crippen LogP contribution in [-0.2, 0) is 6.54 Å². The van der Waals surface area contributed by atoms with Crippen LogP contribution < -0.4 is 9.47 Å². The van der Waals surface area contributed by atoms with E-state index in [0.717, 1.165) is 68.6 Å². The molecule has 4 heterocycles. The average Bonchev–Trinajstić information content (AvgIpc) is 3.46. The second-order valence-electron chi connectivity index (χ2n) is 8.02. The van der Waals surface area contributed by atoms with E-state index < -0.39 is 0 Å². The predicted octanol–water partition coefficient (Wildman–Crippen LogP) is 2.90. The number of piperidine rings is 1. The van der Waals surface area contributed by atoms with Crippen LogP contribution in [0.4, 0.5) is 0 Å². The molecule has 2 fully saturated rings. The molecule has 1 unspecified atom stereocenters. The minimum atomic E-state index is 0.200. The minimum absolute atomic E-state index is 0.200. The van der Waals surface area contributed by atoms with Gasteiger partial charge in [-0.25, -0.2) is 0 Å². The van der Waals surface area contributed by atoms with Crippen molar-refractivity contribution in [3.05, 3.63) is 46.2 Å². The van der Waals surface area contributed by atoms with Crippen LogP contribution in [0.15, 0.2) is 35.7 Å². The third-order valence-corrected chi connectivity index (χ3v) is 7.04. The molecule has 2 aromatic rings. The Balaban J connectivity index is 1.14. The number of benzene rings is 1. The Labute approximate surface area is 175 Å². The van der Waals surface area contributed by atoms with Gasteiger partial charge in [0.05, 0.1) is 4.88 Å². The molecule has 6 nitrogen and oxygen atoms in total. The molecule has 0 spiro atoms. The molecule has 1 aromatic carbocycles. The van der Waals surface area contributed by atoms with Crippen LogP contribution in [0.5, 0.6) is 11.5 Å². The fraction of sp³-hybridized carbons (Fsp3) is 0.500. The van der Waals surface area contributed by atoms with E-state index in [1.807, 2.05) is 23.6 Å². The summed E-state index contributed by atoms with van der Waals surface area (Å²) in [6.07, 6.45) is 2.29. The van der Waals surface area contributed by atoms with Crippen LogP contribution in [0, 0.1) is 0 Å². The zero-order valence-electron chi connectivity index (χ0n) is 16.6. The molecule has 0 bridgehead atoms. The van der Waals surface area contributed by atoms with Gasteiger partial charge < -0.3 is 14.4 Å². The van der Waals surface area contributed by atoms with Gasteiger partial charge in [-0.3, -0.25) is 14.6 Å². The van der Waals surface area contributed by atoms with Crippen molar-refractivity contribution in [3.63, 3.8) is 0 Å². The first kappa shape index (κ1) is 18.9. The quantitative estimate of drug-likeness (QED) is 0.771. The molecule has 1 atom stereocenters. The number of carbonyl (C=O) groups is 1. The molecule has 1 amide bonds. The molecule has 154 valence electrons. The van der Waals surface area contributed by atoms with Gasteiger partial charge in [-0.2, -0.15) is 0 Å². The molecular formula is C22H27N3O3S. The highest BCUT2D eigenvalue weighted by Gasteiger charge is 2.30. The van der Waals surface area contributed by atoms with Crippen molar-refractivity contribution in [1.29, 1.82) is 0 Å². The van der Waals surface area contributed by atoms with Gasteiger partial charge in [0, 0.05) is 51.9 Å². The Morgan fingerprint density at radius 2 is 1.93 bits per heavy atom. The Morgan fingerprint density at radius 1 is 1.07 bits per heavy atom. The van der Waals surface area contributed by atoms with Gasteiger partial charge in [-0.05, 0) is 42.0 Å². The van der Waals surface area contributed by atoms with Crippen LogP contribution in [0.1, 0.15) is 28.1 Å². The maximum Gasteiger partial charge on any atom is 0.263 e. The second-order valence-corrected chi connectivity index (χ2v) is 8.97. The topological polar surface area (TPSA) is 45.3 Å². The normalized spacial score (nSPS) is 22.8. The summed E-state index contributed by atoms with van der Waals surface area (Å²) in [7, 11) is 0. The lowest BCUT2D eigenvalue weighted by Crippen LogP contribution is -2.55. The van der Waals surface area contributed by atoms with Gasteiger partial charge in [-0.1, -0.05) is 12.1 Å². The number of ether oxygens (including phenoxy) is 2. The first-order valence-corrected chi connectivity index (χ1v) is 11.3. The van der Waals surface area contributed by atoms with Gasteiger partial charge in [0.15, 0.2) is 11.5 Å². The number of likely N-dealkylation sites (tertiary alicyclic amines) is 1. The average molecular weight is 414 g/mol. The molecule has 1 aromatic heterocycles. The third kappa shape index (κ3) is 4.13. The van der Waals surface area contributed by atoms with Crippen LogP contribution >= 0.6 is 11.3 Å². The number of rotatable bonds is 4. The molecule has 0 aliphatic carbocycles. The lowest BCUT2D eigenvalue weighted by Gasteiger charge is -2.43. The van der Waals surface area contributed by atoms with E-state index in [-0.39, 0.29) is 5.91 Å². The number of fused-ring (bicyclic) bond motifs is 1. The Hall–Kier alpha value is -2.09. The van der Waals surface area contributed by atoms with Gasteiger partial charge in [0.25, 0.3) is 5.91 Å². The maximum atomic E-state index is 12.7. The van der Waals surface area contributed by atoms with Gasteiger partial charge >= 0.3 is 0 Å². The van der Waals surface area contributed by atoms with Crippen molar-refractivity contribution >= 4 is 17.2 Å². The van der Waals surface area contributed by atoms with E-state index in [1.165, 1.54) is 12.0 Å². The van der Waals surface area contributed by atoms with Gasteiger partial charge in [0.1, 0.15) is 0 Å². The zero-order valence-corrected chi connectivity index (χ0v) is 17.4. The first-order chi connectivity index (χ1) is 14.3. The minimum Gasteiger partial charge on any atom is -0.454 e. The molecule has 29 heavy (non-hydrogen) atoms. The standard InChI is InChI=1S/C22H27N3O3S/c26-22(21-4-2-12-29-21)25-7-1-3-18(15-25)24-10-8-23(9-11-24)14-17-5-6-19-20(13-17)28-16-27-19/h2,4-6,12-13,18H,1,3,7-11,14-16H2. The summed E-state index contributed by atoms with van der Waals surface area (Å²) < 4.78 is 10.9. The number of thiophene rings is 1. The number of carbonyl (C=O) groups excluding carboxylic acids is 1. The predicted molar refractivity (Wildman–Crippen MR) is 113 cm³/mol. The Bertz CT molecular complexity index is 849. The molecule has 5 rings (SSSR count). The lowest BCUT2D eigenvalue weighted by molar-refractivity contribution is 0.0410. The van der Waals surface area contributed by atoms with E-state index in [2.05, 4.69) is 26.8 Å². The fourth-order valence-corrected chi connectivity index (χ4v) is 5.27. The van der Waals surface area contributed by atoms with Crippen molar-refractivity contribution in [2.24, 2.45) is 0 Å². The van der Waals surface area contributed by atoms with Crippen molar-refractivity contribution in [1.82, 2.24) is 14.7 Å². The van der Waals surface area contributed by atoms with Crippen LogP contribution in [0.3, 0.4) is 0 Å². The summed E-state index contributed by atoms with van der Waals surface area (Å²) in [5.41, 5.74) is 1.27. The van der Waals surface area contributed by atoms with Gasteiger partial charge in [0.2, 0.25) is 6.79 Å². The summed E-state index contributed by atoms with van der Waals surface area (Å²) in [6.45, 7) is 7.26. The molecule has 0 saturated carbocycles. The maximum absolute atomic E-state index is 12.7. The van der Waals surface area contributed by atoms with Crippen molar-refractivity contribution in [3.8, 4) is 11.5 Å². The molecule has 0 radical (unpaired) electrons. The molecular weight excluding hydrogens is 386 g/mol. The molecule has 7 heteroatoms. The summed E-state index contributed by atoms with van der Waals surface area (Å²) in [5.74, 6) is 1.91. The number of amides is 1. The van der Waals surface area contributed by atoms with E-state index in [9.17, 15) is 4.79 Å². The fourth-order valence-electron chi connectivity index (χ4n) is 4.58. The Kier molecular flexibility index (Phi) is 5.44. The molecule has 2 saturated heterocycles. The van der Waals surface area contributed by atoms with Crippen molar-refractivity contribution in [2.45, 2.75) is 25.4 Å². The summed E-state index contributed by atoms with van der Waals surface area (Å²) in [5, 5.41) is 1.98. The summed E-state index contributed by atoms with van der Waals surface area (Å²) in [4.78, 5) is 20.7. The monoisotopic (exact) mass is 413 g/mol. The van der Waals surface area contributed by atoms with Crippen molar-refractivity contribution in [2.75, 3.05) is 46.1 Å².